The highest BCUT2D eigenvalue weighted by Crippen LogP contribution is 2.17. The first kappa shape index (κ1) is 19.7. The van der Waals surface area contributed by atoms with Crippen LogP contribution in [0, 0.1) is 0 Å². The molecule has 0 saturated heterocycles. The summed E-state index contributed by atoms with van der Waals surface area (Å²) in [6.07, 6.45) is 0. The van der Waals surface area contributed by atoms with E-state index in [1.807, 2.05) is 68.3 Å². The van der Waals surface area contributed by atoms with Gasteiger partial charge in [0, 0.05) is 31.4 Å². The molecule has 5 heteroatoms. The Labute approximate surface area is 155 Å². The van der Waals surface area contributed by atoms with Gasteiger partial charge in [0.1, 0.15) is 0 Å². The number of hydrogen-bond donors (Lipinski definition) is 1. The summed E-state index contributed by atoms with van der Waals surface area (Å²) in [5, 5.41) is 2.61. The lowest BCUT2D eigenvalue weighted by atomic mass is 10.1. The Morgan fingerprint density at radius 3 is 2.19 bits per heavy atom. The van der Waals surface area contributed by atoms with Gasteiger partial charge in [-0.05, 0) is 50.7 Å². The van der Waals surface area contributed by atoms with Gasteiger partial charge in [-0.2, -0.15) is 0 Å². The number of hydrogen-bond acceptors (Lipinski definition) is 3. The van der Waals surface area contributed by atoms with E-state index in [4.69, 9.17) is 0 Å². The van der Waals surface area contributed by atoms with E-state index in [0.717, 1.165) is 11.3 Å². The van der Waals surface area contributed by atoms with Crippen LogP contribution in [-0.4, -0.2) is 43.4 Å². The number of nitrogens with zero attached hydrogens (tertiary/aromatic N) is 2. The van der Waals surface area contributed by atoms with Crippen molar-refractivity contribution in [1.82, 2.24) is 10.2 Å². The fourth-order valence-electron chi connectivity index (χ4n) is 2.82. The van der Waals surface area contributed by atoms with Gasteiger partial charge < -0.3 is 10.2 Å². The summed E-state index contributed by atoms with van der Waals surface area (Å²) in [5.74, 6) is -0.0296. The van der Waals surface area contributed by atoms with Crippen molar-refractivity contribution < 1.29 is 9.59 Å². The van der Waals surface area contributed by atoms with Crippen molar-refractivity contribution >= 4 is 17.5 Å². The van der Waals surface area contributed by atoms with Crippen molar-refractivity contribution in [1.29, 1.82) is 0 Å². The molecular weight excluding hydrogens is 326 g/mol. The molecule has 0 saturated carbocycles. The Kier molecular flexibility index (Phi) is 6.92. The van der Waals surface area contributed by atoms with Crippen LogP contribution in [0.4, 0.5) is 5.69 Å². The Bertz CT molecular complexity index is 729. The molecule has 26 heavy (non-hydrogen) atoms. The van der Waals surface area contributed by atoms with E-state index >= 15 is 0 Å². The maximum Gasteiger partial charge on any atom is 0.251 e. The lowest BCUT2D eigenvalue weighted by Gasteiger charge is -2.30. The minimum Gasteiger partial charge on any atom is -0.355 e. The predicted molar refractivity (Wildman–Crippen MR) is 105 cm³/mol. The van der Waals surface area contributed by atoms with Crippen LogP contribution in [0.1, 0.15) is 29.8 Å². The first-order valence-corrected chi connectivity index (χ1v) is 8.85. The lowest BCUT2D eigenvalue weighted by Crippen LogP contribution is -2.45. The number of carbonyl (C=O) groups is 2. The number of likely N-dealkylation sites (N-methyl/N-ethyl adjacent to an activating group) is 2. The summed E-state index contributed by atoms with van der Waals surface area (Å²) in [7, 11) is 3.55. The van der Waals surface area contributed by atoms with Gasteiger partial charge >= 0.3 is 0 Å². The van der Waals surface area contributed by atoms with Crippen molar-refractivity contribution in [3.05, 3.63) is 65.7 Å². The van der Waals surface area contributed by atoms with Gasteiger partial charge in [-0.25, -0.2) is 0 Å². The molecule has 1 atom stereocenters. The quantitative estimate of drug-likeness (QED) is 0.833. The summed E-state index contributed by atoms with van der Waals surface area (Å²) in [6.45, 7) is 5.16. The highest BCUT2D eigenvalue weighted by Gasteiger charge is 2.24. The number of amides is 2. The Hall–Kier alpha value is -2.66. The summed E-state index contributed by atoms with van der Waals surface area (Å²) in [6, 6.07) is 16.9. The van der Waals surface area contributed by atoms with Crippen molar-refractivity contribution in [3.8, 4) is 0 Å². The molecular formula is C21H27N3O2. The second-order valence-electron chi connectivity index (χ2n) is 6.29. The molecule has 1 N–H and O–H groups in total. The van der Waals surface area contributed by atoms with E-state index < -0.39 is 0 Å². The van der Waals surface area contributed by atoms with Crippen molar-refractivity contribution in [2.75, 3.05) is 25.5 Å². The minimum atomic E-state index is -0.256. The topological polar surface area (TPSA) is 52.7 Å². The Morgan fingerprint density at radius 1 is 1.04 bits per heavy atom. The zero-order valence-corrected chi connectivity index (χ0v) is 15.9. The van der Waals surface area contributed by atoms with Crippen molar-refractivity contribution in [2.24, 2.45) is 0 Å². The molecule has 5 nitrogen and oxygen atoms in total. The summed E-state index contributed by atoms with van der Waals surface area (Å²) >= 11 is 0. The van der Waals surface area contributed by atoms with E-state index in [9.17, 15) is 9.59 Å². The highest BCUT2D eigenvalue weighted by atomic mass is 16.2. The predicted octanol–water partition coefficient (Wildman–Crippen LogP) is 2.92. The smallest absolute Gasteiger partial charge is 0.251 e. The van der Waals surface area contributed by atoms with Gasteiger partial charge in [0.2, 0.25) is 5.91 Å². The van der Waals surface area contributed by atoms with Crippen LogP contribution < -0.4 is 10.2 Å². The molecule has 0 radical (unpaired) electrons. The van der Waals surface area contributed by atoms with Crippen molar-refractivity contribution in [3.63, 3.8) is 0 Å². The minimum absolute atomic E-state index is 0.0724. The normalized spacial score (nSPS) is 11.9. The molecule has 0 spiro atoms. The maximum absolute atomic E-state index is 12.9. The summed E-state index contributed by atoms with van der Waals surface area (Å²) in [5.41, 5.74) is 2.60. The van der Waals surface area contributed by atoms with Crippen LogP contribution in [0.15, 0.2) is 54.6 Å². The van der Waals surface area contributed by atoms with Gasteiger partial charge in [-0.3, -0.25) is 14.5 Å². The first-order chi connectivity index (χ1) is 12.5. The van der Waals surface area contributed by atoms with Crippen LogP contribution >= 0.6 is 0 Å². The molecule has 2 rings (SSSR count). The molecule has 0 aliphatic carbocycles. The fourth-order valence-corrected chi connectivity index (χ4v) is 2.82. The second kappa shape index (κ2) is 9.15. The largest absolute Gasteiger partial charge is 0.355 e. The lowest BCUT2D eigenvalue weighted by molar-refractivity contribution is -0.122. The Morgan fingerprint density at radius 2 is 1.65 bits per heavy atom. The molecule has 0 fully saturated rings. The molecule has 0 aliphatic heterocycles. The van der Waals surface area contributed by atoms with Crippen LogP contribution in [0.25, 0.3) is 0 Å². The maximum atomic E-state index is 12.9. The van der Waals surface area contributed by atoms with Gasteiger partial charge in [-0.1, -0.05) is 30.3 Å². The van der Waals surface area contributed by atoms with Crippen LogP contribution in [-0.2, 0) is 11.3 Å². The first-order valence-electron chi connectivity index (χ1n) is 8.85. The van der Waals surface area contributed by atoms with Gasteiger partial charge in [0.25, 0.3) is 5.91 Å². The molecule has 0 bridgehead atoms. The zero-order chi connectivity index (χ0) is 19.1. The second-order valence-corrected chi connectivity index (χ2v) is 6.29. The van der Waals surface area contributed by atoms with Gasteiger partial charge in [0.15, 0.2) is 0 Å². The third kappa shape index (κ3) is 4.70. The fraction of sp³-hybridized carbons (Fsp3) is 0.333. The van der Waals surface area contributed by atoms with Crippen LogP contribution in [0.5, 0.6) is 0 Å². The van der Waals surface area contributed by atoms with E-state index in [1.54, 1.807) is 24.1 Å². The number of para-hydroxylation sites is 1. The molecule has 0 unspecified atom stereocenters. The standard InChI is InChI=1S/C21H27N3O2/c1-5-24(19-9-7-6-8-10-19)21(26)16(2)23(4)15-17-11-13-18(14-12-17)20(25)22-3/h6-14,16H,5,15H2,1-4H3,(H,22,25)/t16-/m1/s1. The molecule has 2 aromatic carbocycles. The zero-order valence-electron chi connectivity index (χ0n) is 15.9. The number of nitrogens with one attached hydrogen (secondary N) is 1. The number of carbonyl (C=O) groups excluding carboxylic acids is 2. The average molecular weight is 353 g/mol. The van der Waals surface area contributed by atoms with E-state index in [1.165, 1.54) is 0 Å². The van der Waals surface area contributed by atoms with E-state index in [2.05, 4.69) is 5.32 Å². The average Bonchev–Trinajstić information content (AvgIpc) is 2.68. The highest BCUT2D eigenvalue weighted by molar-refractivity contribution is 5.97. The number of rotatable bonds is 7. The molecule has 138 valence electrons. The van der Waals surface area contributed by atoms with Gasteiger partial charge in [-0.15, -0.1) is 0 Å². The third-order valence-electron chi connectivity index (χ3n) is 4.54. The van der Waals surface area contributed by atoms with Gasteiger partial charge in [0.05, 0.1) is 6.04 Å². The van der Waals surface area contributed by atoms with E-state index in [0.29, 0.717) is 18.7 Å². The summed E-state index contributed by atoms with van der Waals surface area (Å²) < 4.78 is 0. The van der Waals surface area contributed by atoms with Crippen LogP contribution in [0.2, 0.25) is 0 Å². The molecule has 2 amide bonds. The summed E-state index contributed by atoms with van der Waals surface area (Å²) in [4.78, 5) is 28.4. The van der Waals surface area contributed by atoms with Crippen molar-refractivity contribution in [2.45, 2.75) is 26.4 Å². The number of benzene rings is 2. The molecule has 0 heterocycles. The molecule has 0 aromatic heterocycles. The van der Waals surface area contributed by atoms with E-state index in [-0.39, 0.29) is 17.9 Å². The number of anilines is 1. The molecule has 0 aliphatic rings. The van der Waals surface area contributed by atoms with Crippen LogP contribution in [0.3, 0.4) is 0 Å². The third-order valence-corrected chi connectivity index (χ3v) is 4.54. The Balaban J connectivity index is 2.05. The monoisotopic (exact) mass is 353 g/mol. The SMILES string of the molecule is CCN(C(=O)[C@@H](C)N(C)Cc1ccc(C(=O)NC)cc1)c1ccccc1. The molecule has 2 aromatic rings.